The van der Waals surface area contributed by atoms with Crippen molar-refractivity contribution in [2.24, 2.45) is 0 Å². The molecule has 0 radical (unpaired) electrons. The Kier molecular flexibility index (Phi) is 7.02. The molecule has 1 rings (SSSR count). The molecule has 1 N–H and O–H groups in total. The van der Waals surface area contributed by atoms with Gasteiger partial charge in [-0.2, -0.15) is 0 Å². The fraction of sp³-hybridized carbons (Fsp3) is 0.500. The number of benzene rings is 1. The molecule has 0 heterocycles. The lowest BCUT2D eigenvalue weighted by Crippen LogP contribution is -2.26. The Balaban J connectivity index is 2.46. The predicted octanol–water partition coefficient (Wildman–Crippen LogP) is 2.56. The third kappa shape index (κ3) is 6.39. The van der Waals surface area contributed by atoms with Gasteiger partial charge in [0, 0.05) is 18.0 Å². The first-order valence-electron chi connectivity index (χ1n) is 6.65. The monoisotopic (exact) mass is 317 g/mol. The van der Waals surface area contributed by atoms with E-state index in [0.717, 1.165) is 12.8 Å². The summed E-state index contributed by atoms with van der Waals surface area (Å²) in [6.45, 7) is 2.63. The van der Waals surface area contributed by atoms with E-state index >= 15 is 0 Å². The van der Waals surface area contributed by atoms with E-state index in [1.165, 1.54) is 0 Å². The molecule has 0 spiro atoms. The van der Waals surface area contributed by atoms with Crippen molar-refractivity contribution in [2.45, 2.75) is 31.9 Å². The first-order chi connectivity index (χ1) is 9.44. The van der Waals surface area contributed by atoms with E-state index in [1.807, 2.05) is 6.92 Å². The Labute approximate surface area is 125 Å². The molecule has 20 heavy (non-hydrogen) atoms. The molecule has 0 bridgehead atoms. The zero-order valence-electron chi connectivity index (χ0n) is 11.6. The molecule has 0 fully saturated rings. The summed E-state index contributed by atoms with van der Waals surface area (Å²) < 4.78 is 23.9. The van der Waals surface area contributed by atoms with Crippen molar-refractivity contribution in [3.05, 3.63) is 34.9 Å². The van der Waals surface area contributed by atoms with Crippen LogP contribution in [0.2, 0.25) is 5.02 Å². The molecule has 112 valence electrons. The van der Waals surface area contributed by atoms with E-state index in [-0.39, 0.29) is 23.8 Å². The van der Waals surface area contributed by atoms with Crippen molar-refractivity contribution in [2.75, 3.05) is 12.3 Å². The third-order valence-corrected chi connectivity index (χ3v) is 4.77. The van der Waals surface area contributed by atoms with E-state index in [2.05, 4.69) is 5.32 Å². The van der Waals surface area contributed by atoms with Gasteiger partial charge in [0.2, 0.25) is 5.91 Å². The molecule has 0 unspecified atom stereocenters. The van der Waals surface area contributed by atoms with Crippen molar-refractivity contribution in [3.63, 3.8) is 0 Å². The van der Waals surface area contributed by atoms with Gasteiger partial charge in [0.05, 0.1) is 11.5 Å². The maximum absolute atomic E-state index is 11.9. The number of hydrogen-bond donors (Lipinski definition) is 1. The van der Waals surface area contributed by atoms with Crippen molar-refractivity contribution in [1.82, 2.24) is 5.32 Å². The summed E-state index contributed by atoms with van der Waals surface area (Å²) in [4.78, 5) is 11.5. The Morgan fingerprint density at radius 1 is 1.30 bits per heavy atom. The Morgan fingerprint density at radius 2 is 2.00 bits per heavy atom. The lowest BCUT2D eigenvalue weighted by molar-refractivity contribution is -0.120. The lowest BCUT2D eigenvalue weighted by atomic mass is 10.2. The zero-order valence-corrected chi connectivity index (χ0v) is 13.1. The van der Waals surface area contributed by atoms with Crippen LogP contribution >= 0.6 is 11.6 Å². The Bertz CT molecular complexity index is 543. The number of sulfone groups is 1. The molecule has 1 aromatic carbocycles. The molecular weight excluding hydrogens is 298 g/mol. The maximum Gasteiger partial charge on any atom is 0.221 e. The summed E-state index contributed by atoms with van der Waals surface area (Å²) in [5, 5.41) is 3.14. The Morgan fingerprint density at radius 3 is 2.65 bits per heavy atom. The summed E-state index contributed by atoms with van der Waals surface area (Å²) >= 11 is 5.93. The van der Waals surface area contributed by atoms with Crippen LogP contribution in [0, 0.1) is 0 Å². The van der Waals surface area contributed by atoms with Crippen LogP contribution in [0.3, 0.4) is 0 Å². The molecule has 1 aromatic rings. The molecule has 0 aliphatic carbocycles. The maximum atomic E-state index is 11.9. The van der Waals surface area contributed by atoms with E-state index < -0.39 is 9.84 Å². The summed E-state index contributed by atoms with van der Waals surface area (Å²) in [5.41, 5.74) is 0.570. The fourth-order valence-corrected chi connectivity index (χ4v) is 3.31. The summed E-state index contributed by atoms with van der Waals surface area (Å²) in [5.74, 6) is -0.508. The van der Waals surface area contributed by atoms with Gasteiger partial charge in [-0.15, -0.1) is 0 Å². The van der Waals surface area contributed by atoms with Gasteiger partial charge in [0.15, 0.2) is 9.84 Å². The van der Waals surface area contributed by atoms with Gasteiger partial charge in [-0.3, -0.25) is 4.79 Å². The van der Waals surface area contributed by atoms with Gasteiger partial charge in [-0.1, -0.05) is 43.1 Å². The summed E-state index contributed by atoms with van der Waals surface area (Å²) in [7, 11) is -3.33. The second kappa shape index (κ2) is 8.27. The minimum Gasteiger partial charge on any atom is -0.356 e. The molecule has 6 heteroatoms. The van der Waals surface area contributed by atoms with E-state index in [9.17, 15) is 13.2 Å². The number of unbranched alkanes of at least 4 members (excludes halogenated alkanes) is 1. The van der Waals surface area contributed by atoms with Crippen molar-refractivity contribution < 1.29 is 13.2 Å². The number of amides is 1. The van der Waals surface area contributed by atoms with Crippen LogP contribution in [-0.4, -0.2) is 26.6 Å². The predicted molar refractivity (Wildman–Crippen MR) is 81.5 cm³/mol. The SMILES string of the molecule is CCCCNC(=O)CCS(=O)(=O)Cc1ccccc1Cl. The van der Waals surface area contributed by atoms with Gasteiger partial charge in [-0.05, 0) is 18.1 Å². The van der Waals surface area contributed by atoms with Crippen LogP contribution in [0.1, 0.15) is 31.7 Å². The highest BCUT2D eigenvalue weighted by molar-refractivity contribution is 7.90. The van der Waals surface area contributed by atoms with Crippen LogP contribution in [0.4, 0.5) is 0 Å². The van der Waals surface area contributed by atoms with E-state index in [1.54, 1.807) is 24.3 Å². The summed E-state index contributed by atoms with van der Waals surface area (Å²) in [6, 6.07) is 6.83. The highest BCUT2D eigenvalue weighted by atomic mass is 35.5. The molecule has 0 aliphatic heterocycles. The van der Waals surface area contributed by atoms with Crippen LogP contribution in [-0.2, 0) is 20.4 Å². The summed E-state index contributed by atoms with van der Waals surface area (Å²) in [6.07, 6.45) is 1.89. The highest BCUT2D eigenvalue weighted by Crippen LogP contribution is 2.18. The van der Waals surface area contributed by atoms with Crippen molar-refractivity contribution in [3.8, 4) is 0 Å². The molecule has 0 aliphatic rings. The minimum atomic E-state index is -3.33. The largest absolute Gasteiger partial charge is 0.356 e. The quantitative estimate of drug-likeness (QED) is 0.749. The second-order valence-corrected chi connectivity index (χ2v) is 7.23. The Hall–Kier alpha value is -1.07. The number of rotatable bonds is 8. The topological polar surface area (TPSA) is 63.2 Å². The molecule has 4 nitrogen and oxygen atoms in total. The molecular formula is C14H20ClNO3S. The average Bonchev–Trinajstić information content (AvgIpc) is 2.39. The average molecular weight is 318 g/mol. The van der Waals surface area contributed by atoms with Crippen molar-refractivity contribution >= 4 is 27.3 Å². The molecule has 0 aromatic heterocycles. The second-order valence-electron chi connectivity index (χ2n) is 4.64. The lowest BCUT2D eigenvalue weighted by Gasteiger charge is -2.07. The number of carbonyl (C=O) groups excluding carboxylic acids is 1. The zero-order chi connectivity index (χ0) is 15.0. The molecule has 0 atom stereocenters. The van der Waals surface area contributed by atoms with E-state index in [0.29, 0.717) is 17.1 Å². The van der Waals surface area contributed by atoms with Gasteiger partial charge >= 0.3 is 0 Å². The van der Waals surface area contributed by atoms with Crippen molar-refractivity contribution in [1.29, 1.82) is 0 Å². The smallest absolute Gasteiger partial charge is 0.221 e. The standard InChI is InChI=1S/C14H20ClNO3S/c1-2-3-9-16-14(17)8-10-20(18,19)11-12-6-4-5-7-13(12)15/h4-7H,2-3,8-11H2,1H3,(H,16,17). The third-order valence-electron chi connectivity index (χ3n) is 2.83. The van der Waals surface area contributed by atoms with Crippen LogP contribution in [0.15, 0.2) is 24.3 Å². The van der Waals surface area contributed by atoms with Gasteiger partial charge < -0.3 is 5.32 Å². The van der Waals surface area contributed by atoms with Crippen LogP contribution < -0.4 is 5.32 Å². The molecule has 0 saturated heterocycles. The normalized spacial score (nSPS) is 11.3. The van der Waals surface area contributed by atoms with E-state index in [4.69, 9.17) is 11.6 Å². The number of carbonyl (C=O) groups is 1. The molecule has 0 saturated carbocycles. The van der Waals surface area contributed by atoms with Crippen LogP contribution in [0.5, 0.6) is 0 Å². The van der Waals surface area contributed by atoms with Gasteiger partial charge in [0.1, 0.15) is 0 Å². The minimum absolute atomic E-state index is 0.00347. The van der Waals surface area contributed by atoms with Gasteiger partial charge in [-0.25, -0.2) is 8.42 Å². The first kappa shape index (κ1) is 17.0. The first-order valence-corrected chi connectivity index (χ1v) is 8.85. The van der Waals surface area contributed by atoms with Gasteiger partial charge in [0.25, 0.3) is 0 Å². The number of hydrogen-bond acceptors (Lipinski definition) is 3. The number of nitrogens with one attached hydrogen (secondary N) is 1. The fourth-order valence-electron chi connectivity index (χ4n) is 1.67. The number of halogens is 1. The van der Waals surface area contributed by atoms with Crippen LogP contribution in [0.25, 0.3) is 0 Å². The molecule has 1 amide bonds. The highest BCUT2D eigenvalue weighted by Gasteiger charge is 2.15.